The fourth-order valence-corrected chi connectivity index (χ4v) is 1.49. The molecule has 0 aliphatic rings. The summed E-state index contributed by atoms with van der Waals surface area (Å²) in [7, 11) is 0. The van der Waals surface area contributed by atoms with Gasteiger partial charge in [0.05, 0.1) is 5.54 Å². The van der Waals surface area contributed by atoms with Crippen molar-refractivity contribution in [2.24, 2.45) is 11.7 Å². The number of nitrogens with one attached hydrogen (secondary N) is 1. The number of rotatable bonds is 4. The molecule has 1 unspecified atom stereocenters. The lowest BCUT2D eigenvalue weighted by molar-refractivity contribution is -0.125. The van der Waals surface area contributed by atoms with Crippen molar-refractivity contribution in [1.29, 1.82) is 0 Å². The van der Waals surface area contributed by atoms with Crippen molar-refractivity contribution in [2.45, 2.75) is 26.3 Å². The Bertz CT molecular complexity index is 404. The Hall–Kier alpha value is -1.42. The highest BCUT2D eigenvalue weighted by Crippen LogP contribution is 2.21. The van der Waals surface area contributed by atoms with Crippen LogP contribution >= 0.6 is 0 Å². The van der Waals surface area contributed by atoms with E-state index in [1.165, 1.54) is 12.1 Å². The molecule has 0 saturated carbocycles. The van der Waals surface area contributed by atoms with Gasteiger partial charge in [-0.3, -0.25) is 4.79 Å². The first kappa shape index (κ1) is 13.6. The zero-order valence-electron chi connectivity index (χ0n) is 10.5. The van der Waals surface area contributed by atoms with E-state index in [1.807, 2.05) is 13.8 Å². The molecule has 0 bridgehead atoms. The Morgan fingerprint density at radius 1 is 1.53 bits per heavy atom. The maximum atomic E-state index is 13.1. The minimum absolute atomic E-state index is 0.123. The van der Waals surface area contributed by atoms with Crippen LogP contribution in [-0.4, -0.2) is 12.5 Å². The molecule has 0 aliphatic carbocycles. The van der Waals surface area contributed by atoms with E-state index in [2.05, 4.69) is 5.32 Å². The van der Waals surface area contributed by atoms with Crippen molar-refractivity contribution in [2.75, 3.05) is 6.54 Å². The van der Waals surface area contributed by atoms with E-state index >= 15 is 0 Å². The second-order valence-corrected chi connectivity index (χ2v) is 4.76. The molecule has 0 spiro atoms. The van der Waals surface area contributed by atoms with Crippen LogP contribution in [0.1, 0.15) is 26.3 Å². The number of carbonyl (C=O) groups excluding carboxylic acids is 1. The molecule has 0 saturated heterocycles. The lowest BCUT2D eigenvalue weighted by Gasteiger charge is -2.28. The zero-order chi connectivity index (χ0) is 13.1. The van der Waals surface area contributed by atoms with Gasteiger partial charge in [-0.2, -0.15) is 0 Å². The van der Waals surface area contributed by atoms with Crippen LogP contribution in [0, 0.1) is 11.7 Å². The Balaban J connectivity index is 2.85. The van der Waals surface area contributed by atoms with Gasteiger partial charge in [-0.25, -0.2) is 4.39 Å². The van der Waals surface area contributed by atoms with Gasteiger partial charge < -0.3 is 11.1 Å². The minimum atomic E-state index is -0.609. The van der Waals surface area contributed by atoms with Gasteiger partial charge in [-0.15, -0.1) is 0 Å². The summed E-state index contributed by atoms with van der Waals surface area (Å²) in [6, 6.07) is 6.22. The van der Waals surface area contributed by atoms with Crippen molar-refractivity contribution >= 4 is 5.91 Å². The highest BCUT2D eigenvalue weighted by atomic mass is 19.1. The third-order valence-electron chi connectivity index (χ3n) is 2.78. The normalized spacial score (nSPS) is 13.2. The van der Waals surface area contributed by atoms with Gasteiger partial charge in [-0.05, 0) is 31.5 Å². The Labute approximate surface area is 101 Å². The number of hydrogen-bond acceptors (Lipinski definition) is 2. The smallest absolute Gasteiger partial charge is 0.224 e. The fraction of sp³-hybridized carbons (Fsp3) is 0.462. The van der Waals surface area contributed by atoms with E-state index in [9.17, 15) is 9.18 Å². The second-order valence-electron chi connectivity index (χ2n) is 4.76. The van der Waals surface area contributed by atoms with Crippen LogP contribution < -0.4 is 11.1 Å². The molecule has 1 aromatic carbocycles. The molecule has 1 atom stereocenters. The minimum Gasteiger partial charge on any atom is -0.347 e. The molecule has 0 fully saturated rings. The lowest BCUT2D eigenvalue weighted by Crippen LogP contribution is -2.44. The number of hydrogen-bond donors (Lipinski definition) is 2. The average Bonchev–Trinajstić information content (AvgIpc) is 2.27. The topological polar surface area (TPSA) is 55.1 Å². The summed E-state index contributed by atoms with van der Waals surface area (Å²) < 4.78 is 13.1. The van der Waals surface area contributed by atoms with E-state index in [0.717, 1.165) is 5.56 Å². The highest BCUT2D eigenvalue weighted by molar-refractivity contribution is 5.79. The molecule has 94 valence electrons. The van der Waals surface area contributed by atoms with Crippen LogP contribution in [0.5, 0.6) is 0 Å². The molecular formula is C13H19FN2O. The zero-order valence-corrected chi connectivity index (χ0v) is 10.5. The van der Waals surface area contributed by atoms with Gasteiger partial charge in [0.25, 0.3) is 0 Å². The summed E-state index contributed by atoms with van der Waals surface area (Å²) in [5.74, 6) is -0.679. The van der Waals surface area contributed by atoms with Crippen LogP contribution in [0.4, 0.5) is 4.39 Å². The SMILES string of the molecule is CC(CN)C(=O)NC(C)(C)c1cccc(F)c1. The molecule has 1 rings (SSSR count). The summed E-state index contributed by atoms with van der Waals surface area (Å²) >= 11 is 0. The molecule has 3 N–H and O–H groups in total. The summed E-state index contributed by atoms with van der Waals surface area (Å²) in [5.41, 5.74) is 5.56. The highest BCUT2D eigenvalue weighted by Gasteiger charge is 2.25. The molecular weight excluding hydrogens is 219 g/mol. The molecule has 4 heteroatoms. The van der Waals surface area contributed by atoms with E-state index in [0.29, 0.717) is 6.54 Å². The largest absolute Gasteiger partial charge is 0.347 e. The first-order valence-electron chi connectivity index (χ1n) is 5.65. The molecule has 0 aromatic heterocycles. The van der Waals surface area contributed by atoms with Crippen molar-refractivity contribution in [3.8, 4) is 0 Å². The Kier molecular flexibility index (Phi) is 4.23. The first-order chi connectivity index (χ1) is 7.86. The quantitative estimate of drug-likeness (QED) is 0.840. The average molecular weight is 238 g/mol. The summed E-state index contributed by atoms with van der Waals surface area (Å²) in [6.45, 7) is 5.73. The number of carbonyl (C=O) groups is 1. The Morgan fingerprint density at radius 2 is 2.18 bits per heavy atom. The van der Waals surface area contributed by atoms with E-state index in [1.54, 1.807) is 19.1 Å². The third kappa shape index (κ3) is 3.53. The third-order valence-corrected chi connectivity index (χ3v) is 2.78. The molecule has 0 heterocycles. The monoisotopic (exact) mass is 238 g/mol. The van der Waals surface area contributed by atoms with Crippen LogP contribution in [-0.2, 0) is 10.3 Å². The standard InChI is InChI=1S/C13H19FN2O/c1-9(8-15)12(17)16-13(2,3)10-5-4-6-11(14)7-10/h4-7,9H,8,15H2,1-3H3,(H,16,17). The fourth-order valence-electron chi connectivity index (χ4n) is 1.49. The number of amides is 1. The van der Waals surface area contributed by atoms with Crippen LogP contribution in [0.25, 0.3) is 0 Å². The first-order valence-corrected chi connectivity index (χ1v) is 5.65. The molecule has 0 radical (unpaired) electrons. The van der Waals surface area contributed by atoms with E-state index < -0.39 is 5.54 Å². The molecule has 3 nitrogen and oxygen atoms in total. The van der Waals surface area contributed by atoms with Crippen molar-refractivity contribution in [1.82, 2.24) is 5.32 Å². The predicted molar refractivity (Wildman–Crippen MR) is 65.8 cm³/mol. The number of nitrogens with two attached hydrogens (primary N) is 1. The molecule has 1 aromatic rings. The van der Waals surface area contributed by atoms with Gasteiger partial charge in [0, 0.05) is 12.5 Å². The second kappa shape index (κ2) is 5.27. The van der Waals surface area contributed by atoms with Gasteiger partial charge in [0.15, 0.2) is 0 Å². The van der Waals surface area contributed by atoms with E-state index in [-0.39, 0.29) is 17.6 Å². The predicted octanol–water partition coefficient (Wildman–Crippen LogP) is 1.77. The van der Waals surface area contributed by atoms with Crippen LogP contribution in [0.15, 0.2) is 24.3 Å². The van der Waals surface area contributed by atoms with Crippen molar-refractivity contribution in [3.63, 3.8) is 0 Å². The Morgan fingerprint density at radius 3 is 2.71 bits per heavy atom. The van der Waals surface area contributed by atoms with Crippen LogP contribution in [0.3, 0.4) is 0 Å². The lowest BCUT2D eigenvalue weighted by atomic mass is 9.93. The van der Waals surface area contributed by atoms with E-state index in [4.69, 9.17) is 5.73 Å². The van der Waals surface area contributed by atoms with Gasteiger partial charge in [-0.1, -0.05) is 19.1 Å². The molecule has 17 heavy (non-hydrogen) atoms. The van der Waals surface area contributed by atoms with Crippen LogP contribution in [0.2, 0.25) is 0 Å². The number of halogens is 1. The van der Waals surface area contributed by atoms with Crippen molar-refractivity contribution < 1.29 is 9.18 Å². The number of benzene rings is 1. The maximum absolute atomic E-state index is 13.1. The molecule has 1 amide bonds. The summed E-state index contributed by atoms with van der Waals surface area (Å²) in [6.07, 6.45) is 0. The maximum Gasteiger partial charge on any atom is 0.224 e. The van der Waals surface area contributed by atoms with Gasteiger partial charge in [0.2, 0.25) is 5.91 Å². The van der Waals surface area contributed by atoms with Crippen molar-refractivity contribution in [3.05, 3.63) is 35.6 Å². The summed E-state index contributed by atoms with van der Waals surface area (Å²) in [4.78, 5) is 11.8. The molecule has 0 aliphatic heterocycles. The van der Waals surface area contributed by atoms with Gasteiger partial charge in [0.1, 0.15) is 5.82 Å². The summed E-state index contributed by atoms with van der Waals surface area (Å²) in [5, 5.41) is 2.86. The van der Waals surface area contributed by atoms with Gasteiger partial charge >= 0.3 is 0 Å².